The minimum absolute atomic E-state index is 0.0509. The molecular formula is C19H18FN5O3S. The summed E-state index contributed by atoms with van der Waals surface area (Å²) in [6.45, 7) is 1.72. The number of benzene rings is 2. The summed E-state index contributed by atoms with van der Waals surface area (Å²) < 4.78 is 38.4. The van der Waals surface area contributed by atoms with E-state index in [1.165, 1.54) is 23.1 Å². The summed E-state index contributed by atoms with van der Waals surface area (Å²) >= 11 is 0. The second-order valence-electron chi connectivity index (χ2n) is 7.39. The maximum Gasteiger partial charge on any atom is 0.251 e. The summed E-state index contributed by atoms with van der Waals surface area (Å²) in [7, 11) is -3.16. The van der Waals surface area contributed by atoms with Crippen molar-refractivity contribution in [2.45, 2.75) is 18.9 Å². The molecule has 0 spiro atoms. The molecule has 10 heteroatoms. The number of aromatic nitrogens is 4. The molecule has 1 fully saturated rings. The molecule has 3 aromatic rings. The topological polar surface area (TPSA) is 107 Å². The van der Waals surface area contributed by atoms with Crippen LogP contribution in [0.1, 0.15) is 23.7 Å². The van der Waals surface area contributed by atoms with Gasteiger partial charge in [-0.1, -0.05) is 12.1 Å². The second-order valence-corrected chi connectivity index (χ2v) is 9.57. The molecule has 2 heterocycles. The van der Waals surface area contributed by atoms with Crippen LogP contribution in [0.3, 0.4) is 0 Å². The first-order valence-corrected chi connectivity index (χ1v) is 10.7. The van der Waals surface area contributed by atoms with Crippen molar-refractivity contribution in [3.8, 4) is 16.8 Å². The average molecular weight is 415 g/mol. The van der Waals surface area contributed by atoms with Crippen LogP contribution in [0.2, 0.25) is 0 Å². The van der Waals surface area contributed by atoms with E-state index < -0.39 is 21.3 Å². The van der Waals surface area contributed by atoms with Gasteiger partial charge in [0.05, 0.1) is 22.7 Å². The molecule has 29 heavy (non-hydrogen) atoms. The summed E-state index contributed by atoms with van der Waals surface area (Å²) in [5.41, 5.74) is 1.43. The molecule has 1 aliphatic rings. The van der Waals surface area contributed by atoms with E-state index in [2.05, 4.69) is 20.8 Å². The van der Waals surface area contributed by atoms with E-state index in [0.29, 0.717) is 28.8 Å². The Labute approximate surface area is 166 Å². The van der Waals surface area contributed by atoms with Crippen LogP contribution in [-0.4, -0.2) is 51.6 Å². The van der Waals surface area contributed by atoms with Gasteiger partial charge in [0.15, 0.2) is 9.84 Å². The van der Waals surface area contributed by atoms with Gasteiger partial charge in [0.1, 0.15) is 12.1 Å². The van der Waals surface area contributed by atoms with Crippen LogP contribution in [0.25, 0.3) is 16.8 Å². The second kappa shape index (κ2) is 7.03. The average Bonchev–Trinajstić information content (AvgIpc) is 3.30. The molecule has 1 aliphatic heterocycles. The minimum atomic E-state index is -3.16. The predicted octanol–water partition coefficient (Wildman–Crippen LogP) is 1.78. The van der Waals surface area contributed by atoms with Crippen LogP contribution in [0.5, 0.6) is 0 Å². The lowest BCUT2D eigenvalue weighted by atomic mass is 9.99. The molecule has 1 atom stereocenters. The Morgan fingerprint density at radius 1 is 1.17 bits per heavy atom. The van der Waals surface area contributed by atoms with Crippen molar-refractivity contribution in [1.82, 2.24) is 25.5 Å². The number of nitrogens with zero attached hydrogens (tertiary/aromatic N) is 4. The maximum absolute atomic E-state index is 13.3. The van der Waals surface area contributed by atoms with Gasteiger partial charge >= 0.3 is 0 Å². The monoisotopic (exact) mass is 415 g/mol. The van der Waals surface area contributed by atoms with Crippen LogP contribution in [0.15, 0.2) is 48.8 Å². The van der Waals surface area contributed by atoms with E-state index in [-0.39, 0.29) is 17.3 Å². The molecule has 0 bridgehead atoms. The quantitative estimate of drug-likeness (QED) is 0.696. The molecular weight excluding hydrogens is 397 g/mol. The Morgan fingerprint density at radius 2 is 1.93 bits per heavy atom. The zero-order valence-corrected chi connectivity index (χ0v) is 16.4. The maximum atomic E-state index is 13.3. The van der Waals surface area contributed by atoms with Crippen molar-refractivity contribution in [3.63, 3.8) is 0 Å². The van der Waals surface area contributed by atoms with Gasteiger partial charge in [-0.25, -0.2) is 17.5 Å². The van der Waals surface area contributed by atoms with Crippen molar-refractivity contribution in [2.75, 3.05) is 11.5 Å². The van der Waals surface area contributed by atoms with Crippen molar-refractivity contribution in [3.05, 3.63) is 60.2 Å². The molecule has 150 valence electrons. The van der Waals surface area contributed by atoms with Crippen LogP contribution in [0, 0.1) is 5.82 Å². The number of halogens is 1. The van der Waals surface area contributed by atoms with E-state index in [9.17, 15) is 17.6 Å². The normalized spacial score (nSPS) is 20.5. The summed E-state index contributed by atoms with van der Waals surface area (Å²) in [5, 5.41) is 13.9. The van der Waals surface area contributed by atoms with Crippen molar-refractivity contribution in [1.29, 1.82) is 0 Å². The number of rotatable bonds is 4. The van der Waals surface area contributed by atoms with Crippen molar-refractivity contribution < 1.29 is 17.6 Å². The highest BCUT2D eigenvalue weighted by molar-refractivity contribution is 7.91. The summed E-state index contributed by atoms with van der Waals surface area (Å²) in [4.78, 5) is 12.9. The molecule has 1 aromatic heterocycles. The first-order chi connectivity index (χ1) is 13.7. The van der Waals surface area contributed by atoms with Gasteiger partial charge in [0.25, 0.3) is 5.91 Å². The number of carbonyl (C=O) groups excluding carboxylic acids is 1. The van der Waals surface area contributed by atoms with E-state index >= 15 is 0 Å². The fourth-order valence-electron chi connectivity index (χ4n) is 3.42. The molecule has 0 saturated carbocycles. The number of nitrogens with one attached hydrogen (secondary N) is 1. The Morgan fingerprint density at radius 3 is 2.55 bits per heavy atom. The Kier molecular flexibility index (Phi) is 4.65. The van der Waals surface area contributed by atoms with Gasteiger partial charge in [0, 0.05) is 5.56 Å². The lowest BCUT2D eigenvalue weighted by molar-refractivity contribution is 0.0915. The molecule has 1 saturated heterocycles. The largest absolute Gasteiger partial charge is 0.346 e. The fourth-order valence-corrected chi connectivity index (χ4v) is 5.51. The molecule has 8 nitrogen and oxygen atoms in total. The Balaban J connectivity index is 1.72. The molecule has 1 N–H and O–H groups in total. The number of carbonyl (C=O) groups is 1. The standard InChI is InChI=1S/C19H18FN5O3S/c1-19(6-7-29(27,28)11-19)22-18(26)15-8-14(13-2-4-16(20)5-3-13)9-17(10-15)25-12-21-23-24-25/h2-5,8-10,12H,6-7,11H2,1H3,(H,22,26). The highest BCUT2D eigenvalue weighted by Crippen LogP contribution is 2.27. The fraction of sp³-hybridized carbons (Fsp3) is 0.263. The molecule has 0 radical (unpaired) electrons. The number of tetrazole rings is 1. The minimum Gasteiger partial charge on any atom is -0.346 e. The van der Waals surface area contributed by atoms with Gasteiger partial charge in [0.2, 0.25) is 0 Å². The first kappa shape index (κ1) is 19.2. The Bertz CT molecular complexity index is 1160. The summed E-state index contributed by atoms with van der Waals surface area (Å²) in [5.74, 6) is -0.806. The third kappa shape index (κ3) is 4.16. The van der Waals surface area contributed by atoms with Crippen molar-refractivity contribution >= 4 is 15.7 Å². The predicted molar refractivity (Wildman–Crippen MR) is 104 cm³/mol. The highest BCUT2D eigenvalue weighted by atomic mass is 32.2. The van der Waals surface area contributed by atoms with E-state index in [1.807, 2.05) is 0 Å². The van der Waals surface area contributed by atoms with Gasteiger partial charge in [-0.15, -0.1) is 5.10 Å². The lowest BCUT2D eigenvalue weighted by Crippen LogP contribution is -2.46. The third-order valence-electron chi connectivity index (χ3n) is 4.89. The van der Waals surface area contributed by atoms with Crippen LogP contribution >= 0.6 is 0 Å². The summed E-state index contributed by atoms with van der Waals surface area (Å²) in [6, 6.07) is 11.0. The number of hydrogen-bond donors (Lipinski definition) is 1. The van der Waals surface area contributed by atoms with E-state index in [0.717, 1.165) is 0 Å². The van der Waals surface area contributed by atoms with Gasteiger partial charge in [-0.05, 0) is 65.2 Å². The molecule has 2 aromatic carbocycles. The Hall–Kier alpha value is -3.14. The van der Waals surface area contributed by atoms with Crippen LogP contribution in [-0.2, 0) is 9.84 Å². The number of hydrogen-bond acceptors (Lipinski definition) is 6. The third-order valence-corrected chi connectivity index (χ3v) is 6.79. The van der Waals surface area contributed by atoms with Gasteiger partial charge in [-0.2, -0.15) is 0 Å². The van der Waals surface area contributed by atoms with E-state index in [1.54, 1.807) is 37.3 Å². The smallest absolute Gasteiger partial charge is 0.251 e. The van der Waals surface area contributed by atoms with Crippen LogP contribution < -0.4 is 5.32 Å². The SMILES string of the molecule is CC1(NC(=O)c2cc(-c3ccc(F)cc3)cc(-n3cnnn3)c2)CCS(=O)(=O)C1. The zero-order chi connectivity index (χ0) is 20.6. The molecule has 0 aliphatic carbocycles. The van der Waals surface area contributed by atoms with Gasteiger partial charge in [-0.3, -0.25) is 4.79 Å². The molecule has 4 rings (SSSR count). The van der Waals surface area contributed by atoms with E-state index in [4.69, 9.17) is 0 Å². The molecule has 1 unspecified atom stereocenters. The van der Waals surface area contributed by atoms with Crippen molar-refractivity contribution in [2.24, 2.45) is 0 Å². The summed E-state index contributed by atoms with van der Waals surface area (Å²) in [6.07, 6.45) is 1.76. The van der Waals surface area contributed by atoms with Gasteiger partial charge < -0.3 is 5.32 Å². The number of sulfone groups is 1. The zero-order valence-electron chi connectivity index (χ0n) is 15.5. The molecule has 1 amide bonds. The van der Waals surface area contributed by atoms with Crippen LogP contribution in [0.4, 0.5) is 4.39 Å². The highest BCUT2D eigenvalue weighted by Gasteiger charge is 2.39. The first-order valence-electron chi connectivity index (χ1n) is 8.90. The lowest BCUT2D eigenvalue weighted by Gasteiger charge is -2.24. The number of amides is 1.